The second-order valence-electron chi connectivity index (χ2n) is 6.74. The van der Waals surface area contributed by atoms with E-state index in [0.29, 0.717) is 37.7 Å². The predicted octanol–water partition coefficient (Wildman–Crippen LogP) is 0.501. The van der Waals surface area contributed by atoms with Crippen LogP contribution in [0.15, 0.2) is 24.3 Å². The monoisotopic (exact) mass is 430 g/mol. The van der Waals surface area contributed by atoms with E-state index in [-0.39, 0.29) is 19.0 Å². The standard InChI is InChI=1S/C18H21F3N4O5/c19-18(20,21)11-22-17(28)23-15(26)10-25-9-14(16(27)24-5-7-29-8-6-24)30-13-4-2-1-3-12(13)25/h1-4,14H,5-11H2,(H2,22,23,26,28). The highest BCUT2D eigenvalue weighted by Crippen LogP contribution is 2.33. The maximum Gasteiger partial charge on any atom is 0.405 e. The van der Waals surface area contributed by atoms with Crippen molar-refractivity contribution in [3.05, 3.63) is 24.3 Å². The van der Waals surface area contributed by atoms with Gasteiger partial charge < -0.3 is 24.6 Å². The van der Waals surface area contributed by atoms with Gasteiger partial charge in [-0.3, -0.25) is 14.9 Å². The number of para-hydroxylation sites is 2. The molecule has 9 nitrogen and oxygen atoms in total. The van der Waals surface area contributed by atoms with E-state index in [2.05, 4.69) is 0 Å². The third-order valence-electron chi connectivity index (χ3n) is 4.50. The first-order chi connectivity index (χ1) is 14.2. The molecular weight excluding hydrogens is 409 g/mol. The van der Waals surface area contributed by atoms with E-state index in [9.17, 15) is 27.6 Å². The van der Waals surface area contributed by atoms with Gasteiger partial charge in [0.25, 0.3) is 5.91 Å². The van der Waals surface area contributed by atoms with Gasteiger partial charge in [0.15, 0.2) is 6.10 Å². The number of anilines is 1. The van der Waals surface area contributed by atoms with Crippen LogP contribution in [0.5, 0.6) is 5.75 Å². The van der Waals surface area contributed by atoms with Crippen LogP contribution in [0, 0.1) is 0 Å². The smallest absolute Gasteiger partial charge is 0.405 e. The van der Waals surface area contributed by atoms with Gasteiger partial charge in [-0.2, -0.15) is 13.2 Å². The molecule has 2 aliphatic heterocycles. The van der Waals surface area contributed by atoms with Gasteiger partial charge in [0.2, 0.25) is 5.91 Å². The number of nitrogens with one attached hydrogen (secondary N) is 2. The number of ether oxygens (including phenoxy) is 2. The number of fused-ring (bicyclic) bond motifs is 1. The van der Waals surface area contributed by atoms with Crippen molar-refractivity contribution in [2.75, 3.05) is 50.8 Å². The van der Waals surface area contributed by atoms with E-state index < -0.39 is 30.8 Å². The van der Waals surface area contributed by atoms with E-state index in [1.807, 2.05) is 5.32 Å². The highest BCUT2D eigenvalue weighted by atomic mass is 19.4. The van der Waals surface area contributed by atoms with Crippen LogP contribution in [0.25, 0.3) is 0 Å². The number of morpholine rings is 1. The summed E-state index contributed by atoms with van der Waals surface area (Å²) in [6.07, 6.45) is -5.46. The van der Waals surface area contributed by atoms with Crippen molar-refractivity contribution in [2.24, 2.45) is 0 Å². The number of imide groups is 1. The molecule has 164 valence electrons. The van der Waals surface area contributed by atoms with Crippen molar-refractivity contribution < 1.29 is 37.0 Å². The maximum absolute atomic E-state index is 12.8. The van der Waals surface area contributed by atoms with Crippen LogP contribution in [0.4, 0.5) is 23.7 Å². The Morgan fingerprint density at radius 2 is 1.83 bits per heavy atom. The first-order valence-corrected chi connectivity index (χ1v) is 9.24. The minimum atomic E-state index is -4.59. The Balaban J connectivity index is 1.64. The number of urea groups is 1. The minimum absolute atomic E-state index is 0.0464. The molecule has 4 amide bonds. The number of amides is 4. The zero-order valence-electron chi connectivity index (χ0n) is 15.9. The summed E-state index contributed by atoms with van der Waals surface area (Å²) in [6.45, 7) is -0.136. The Labute approximate surface area is 170 Å². The fraction of sp³-hybridized carbons (Fsp3) is 0.500. The van der Waals surface area contributed by atoms with Gasteiger partial charge in [-0.1, -0.05) is 12.1 Å². The van der Waals surface area contributed by atoms with Crippen LogP contribution in [0.1, 0.15) is 0 Å². The fourth-order valence-electron chi connectivity index (χ4n) is 3.14. The molecule has 1 aromatic rings. The van der Waals surface area contributed by atoms with Crippen molar-refractivity contribution in [1.29, 1.82) is 0 Å². The largest absolute Gasteiger partial charge is 0.477 e. The van der Waals surface area contributed by atoms with Crippen molar-refractivity contribution in [3.8, 4) is 5.75 Å². The number of carbonyl (C=O) groups excluding carboxylic acids is 3. The molecule has 0 spiro atoms. The molecule has 0 aliphatic carbocycles. The van der Waals surface area contributed by atoms with Gasteiger partial charge in [0.1, 0.15) is 12.3 Å². The summed E-state index contributed by atoms with van der Waals surface area (Å²) in [6, 6.07) is 5.51. The number of nitrogens with zero attached hydrogens (tertiary/aromatic N) is 2. The summed E-state index contributed by atoms with van der Waals surface area (Å²) >= 11 is 0. The fourth-order valence-corrected chi connectivity index (χ4v) is 3.14. The van der Waals surface area contributed by atoms with Gasteiger partial charge in [0.05, 0.1) is 32.0 Å². The molecule has 0 bridgehead atoms. The predicted molar refractivity (Wildman–Crippen MR) is 98.1 cm³/mol. The Morgan fingerprint density at radius 3 is 2.53 bits per heavy atom. The molecule has 2 heterocycles. The first-order valence-electron chi connectivity index (χ1n) is 9.24. The van der Waals surface area contributed by atoms with Gasteiger partial charge in [-0.25, -0.2) is 4.79 Å². The second kappa shape index (κ2) is 9.20. The van der Waals surface area contributed by atoms with Crippen LogP contribution in [-0.4, -0.2) is 81.0 Å². The van der Waals surface area contributed by atoms with E-state index in [1.54, 1.807) is 39.4 Å². The zero-order valence-corrected chi connectivity index (χ0v) is 15.9. The summed E-state index contributed by atoms with van der Waals surface area (Å²) in [5.74, 6) is -0.672. The third kappa shape index (κ3) is 5.75. The molecule has 1 unspecified atom stereocenters. The number of carbonyl (C=O) groups is 3. The highest BCUT2D eigenvalue weighted by molar-refractivity contribution is 5.97. The number of rotatable bonds is 4. The summed E-state index contributed by atoms with van der Waals surface area (Å²) in [5.41, 5.74) is 0.536. The molecule has 2 aliphatic rings. The first kappa shape index (κ1) is 21.7. The molecule has 0 saturated carbocycles. The number of alkyl halides is 3. The Bertz CT molecular complexity index is 798. The summed E-state index contributed by atoms with van der Waals surface area (Å²) in [4.78, 5) is 39.7. The van der Waals surface area contributed by atoms with E-state index in [0.717, 1.165) is 0 Å². The lowest BCUT2D eigenvalue weighted by molar-refractivity contribution is -0.142. The normalized spacial score (nSPS) is 18.8. The number of hydrogen-bond acceptors (Lipinski definition) is 6. The molecule has 3 rings (SSSR count). The lowest BCUT2D eigenvalue weighted by Crippen LogP contribution is -2.54. The lowest BCUT2D eigenvalue weighted by atomic mass is 10.1. The topological polar surface area (TPSA) is 100 Å². The Morgan fingerprint density at radius 1 is 1.13 bits per heavy atom. The van der Waals surface area contributed by atoms with E-state index in [4.69, 9.17) is 9.47 Å². The minimum Gasteiger partial charge on any atom is -0.477 e. The molecule has 0 radical (unpaired) electrons. The number of hydrogen-bond donors (Lipinski definition) is 2. The molecule has 1 fully saturated rings. The number of benzene rings is 1. The summed E-state index contributed by atoms with van der Waals surface area (Å²) < 4.78 is 47.6. The van der Waals surface area contributed by atoms with Crippen molar-refractivity contribution in [2.45, 2.75) is 12.3 Å². The average molecular weight is 430 g/mol. The van der Waals surface area contributed by atoms with Crippen molar-refractivity contribution in [1.82, 2.24) is 15.5 Å². The Hall–Kier alpha value is -3.02. The van der Waals surface area contributed by atoms with Crippen molar-refractivity contribution in [3.63, 3.8) is 0 Å². The van der Waals surface area contributed by atoms with Crippen LogP contribution in [0.3, 0.4) is 0 Å². The van der Waals surface area contributed by atoms with E-state index >= 15 is 0 Å². The molecule has 1 aromatic carbocycles. The summed E-state index contributed by atoms with van der Waals surface area (Å²) in [5, 5.41) is 3.42. The molecule has 2 N–H and O–H groups in total. The van der Waals surface area contributed by atoms with Crippen LogP contribution < -0.4 is 20.3 Å². The Kier molecular flexibility index (Phi) is 6.65. The quantitative estimate of drug-likeness (QED) is 0.722. The molecular formula is C18H21F3N4O5. The third-order valence-corrected chi connectivity index (χ3v) is 4.50. The van der Waals surface area contributed by atoms with Crippen LogP contribution >= 0.6 is 0 Å². The maximum atomic E-state index is 12.8. The zero-order chi connectivity index (χ0) is 21.7. The average Bonchev–Trinajstić information content (AvgIpc) is 2.71. The van der Waals surface area contributed by atoms with E-state index in [1.165, 1.54) is 0 Å². The summed E-state index contributed by atoms with van der Waals surface area (Å²) in [7, 11) is 0. The van der Waals surface area contributed by atoms with Crippen LogP contribution in [0.2, 0.25) is 0 Å². The van der Waals surface area contributed by atoms with Gasteiger partial charge in [-0.05, 0) is 12.1 Å². The molecule has 1 saturated heterocycles. The SMILES string of the molecule is O=C(CN1CC(C(=O)N2CCOCC2)Oc2ccccc21)NC(=O)NCC(F)(F)F. The highest BCUT2D eigenvalue weighted by Gasteiger charge is 2.35. The lowest BCUT2D eigenvalue weighted by Gasteiger charge is -2.37. The second-order valence-corrected chi connectivity index (χ2v) is 6.74. The van der Waals surface area contributed by atoms with Gasteiger partial charge >= 0.3 is 12.2 Å². The molecule has 30 heavy (non-hydrogen) atoms. The van der Waals surface area contributed by atoms with Crippen molar-refractivity contribution >= 4 is 23.5 Å². The molecule has 12 heteroatoms. The molecule has 0 aromatic heterocycles. The van der Waals surface area contributed by atoms with Gasteiger partial charge in [-0.15, -0.1) is 0 Å². The van der Waals surface area contributed by atoms with Gasteiger partial charge in [0, 0.05) is 13.1 Å². The number of halogens is 3. The molecule has 1 atom stereocenters. The van der Waals surface area contributed by atoms with Crippen LogP contribution in [-0.2, 0) is 14.3 Å².